The van der Waals surface area contributed by atoms with Gasteiger partial charge in [0.15, 0.2) is 0 Å². The smallest absolute Gasteiger partial charge is 0.317 e. The van der Waals surface area contributed by atoms with E-state index in [1.807, 2.05) is 24.3 Å². The lowest BCUT2D eigenvalue weighted by Crippen LogP contribution is -2.47. The lowest BCUT2D eigenvalue weighted by atomic mass is 9.98. The molecule has 144 valence electrons. The van der Waals surface area contributed by atoms with Crippen LogP contribution >= 0.6 is 0 Å². The molecule has 0 radical (unpaired) electrons. The van der Waals surface area contributed by atoms with Crippen molar-refractivity contribution in [1.29, 1.82) is 0 Å². The highest BCUT2D eigenvalue weighted by molar-refractivity contribution is 7.89. The number of nitrogens with one attached hydrogen (secondary N) is 1. The third-order valence-electron chi connectivity index (χ3n) is 5.01. The summed E-state index contributed by atoms with van der Waals surface area (Å²) in [5, 5.41) is 7.56. The summed E-state index contributed by atoms with van der Waals surface area (Å²) < 4.78 is 22.8. The van der Waals surface area contributed by atoms with Gasteiger partial charge < -0.3 is 10.2 Å². The number of carbonyl (C=O) groups excluding carboxylic acids is 1. The minimum Gasteiger partial charge on any atom is -0.334 e. The summed E-state index contributed by atoms with van der Waals surface area (Å²) in [7, 11) is -3.52. The first-order valence-corrected chi connectivity index (χ1v) is 10.6. The van der Waals surface area contributed by atoms with Crippen molar-refractivity contribution in [1.82, 2.24) is 10.2 Å². The highest BCUT2D eigenvalue weighted by atomic mass is 32.2. The van der Waals surface area contributed by atoms with E-state index in [9.17, 15) is 13.2 Å². The van der Waals surface area contributed by atoms with Gasteiger partial charge in [0.1, 0.15) is 0 Å². The highest BCUT2D eigenvalue weighted by Crippen LogP contribution is 2.24. The summed E-state index contributed by atoms with van der Waals surface area (Å²) in [4.78, 5) is 14.0. The Morgan fingerprint density at radius 2 is 1.81 bits per heavy atom. The van der Waals surface area contributed by atoms with Gasteiger partial charge in [0.25, 0.3) is 0 Å². The molecule has 2 amide bonds. The van der Waals surface area contributed by atoms with Gasteiger partial charge in [0.2, 0.25) is 10.0 Å². The number of nitrogens with zero attached hydrogens (tertiary/aromatic N) is 1. The molecule has 1 fully saturated rings. The third-order valence-corrected chi connectivity index (χ3v) is 6.41. The molecule has 1 heterocycles. The molecule has 0 saturated carbocycles. The Kier molecular flexibility index (Phi) is 5.82. The quantitative estimate of drug-likeness (QED) is 0.845. The number of hydrogen-bond acceptors (Lipinski definition) is 3. The van der Waals surface area contributed by atoms with Crippen molar-refractivity contribution in [2.24, 2.45) is 5.14 Å². The van der Waals surface area contributed by atoms with Gasteiger partial charge >= 0.3 is 6.03 Å². The number of likely N-dealkylation sites (tertiary alicyclic amines) is 1. The summed E-state index contributed by atoms with van der Waals surface area (Å²) in [5.74, 6) is 0. The first kappa shape index (κ1) is 19.4. The van der Waals surface area contributed by atoms with Crippen molar-refractivity contribution in [3.05, 3.63) is 59.7 Å². The molecule has 0 spiro atoms. The molecule has 0 unspecified atom stereocenters. The molecule has 2 aromatic carbocycles. The standard InChI is InChI=1S/C20H25N3O3S/c1-15-13-16(7-8-19(15)17-5-3-2-4-6-17)14-22-20(24)23-11-9-18(10-12-23)27(21,25)26/h2-8,13,18H,9-12,14H2,1H3,(H,22,24)(H2,21,25,26). The van der Waals surface area contributed by atoms with Crippen LogP contribution in [0.1, 0.15) is 24.0 Å². The van der Waals surface area contributed by atoms with Gasteiger partial charge in [-0.3, -0.25) is 0 Å². The number of rotatable bonds is 4. The van der Waals surface area contributed by atoms with Crippen molar-refractivity contribution in [2.75, 3.05) is 13.1 Å². The van der Waals surface area contributed by atoms with Gasteiger partial charge in [-0.2, -0.15) is 0 Å². The molecule has 1 aliphatic rings. The van der Waals surface area contributed by atoms with E-state index in [2.05, 4.69) is 36.5 Å². The fraction of sp³-hybridized carbons (Fsp3) is 0.350. The zero-order valence-electron chi connectivity index (χ0n) is 15.4. The van der Waals surface area contributed by atoms with Crippen molar-refractivity contribution >= 4 is 16.1 Å². The van der Waals surface area contributed by atoms with Gasteiger partial charge in [0.05, 0.1) is 5.25 Å². The third kappa shape index (κ3) is 4.87. The number of benzene rings is 2. The fourth-order valence-corrected chi connectivity index (χ4v) is 4.32. The maximum atomic E-state index is 12.3. The second-order valence-corrected chi connectivity index (χ2v) is 8.79. The predicted octanol–water partition coefficient (Wildman–Crippen LogP) is 2.62. The van der Waals surface area contributed by atoms with E-state index in [0.717, 1.165) is 11.1 Å². The van der Waals surface area contributed by atoms with E-state index < -0.39 is 15.3 Å². The number of carbonyl (C=O) groups is 1. The Hall–Kier alpha value is -2.38. The Morgan fingerprint density at radius 1 is 1.15 bits per heavy atom. The number of sulfonamides is 1. The molecule has 1 saturated heterocycles. The number of hydrogen-bond donors (Lipinski definition) is 2. The molecular weight excluding hydrogens is 362 g/mol. The predicted molar refractivity (Wildman–Crippen MR) is 107 cm³/mol. The number of urea groups is 1. The molecule has 0 atom stereocenters. The topological polar surface area (TPSA) is 92.5 Å². The van der Waals surface area contributed by atoms with Gasteiger partial charge in [-0.1, -0.05) is 48.5 Å². The first-order valence-electron chi connectivity index (χ1n) is 9.04. The Balaban J connectivity index is 1.56. The molecule has 0 aliphatic carbocycles. The minimum atomic E-state index is -3.52. The molecule has 3 N–H and O–H groups in total. The van der Waals surface area contributed by atoms with E-state index in [-0.39, 0.29) is 6.03 Å². The SMILES string of the molecule is Cc1cc(CNC(=O)N2CCC(S(N)(=O)=O)CC2)ccc1-c1ccccc1. The number of piperidine rings is 1. The van der Waals surface area contributed by atoms with Crippen LogP contribution in [0.2, 0.25) is 0 Å². The minimum absolute atomic E-state index is 0.173. The first-order chi connectivity index (χ1) is 12.8. The van der Waals surface area contributed by atoms with Crippen molar-refractivity contribution in [2.45, 2.75) is 31.6 Å². The summed E-state index contributed by atoms with van der Waals surface area (Å²) in [6.45, 7) is 3.30. The zero-order chi connectivity index (χ0) is 19.4. The van der Waals surface area contributed by atoms with Crippen LogP contribution in [0.4, 0.5) is 4.79 Å². The molecule has 6 nitrogen and oxygen atoms in total. The van der Waals surface area contributed by atoms with Crippen LogP contribution in [0.5, 0.6) is 0 Å². The Bertz CT molecular complexity index is 905. The van der Waals surface area contributed by atoms with Gasteiger partial charge in [-0.05, 0) is 42.0 Å². The van der Waals surface area contributed by atoms with Crippen LogP contribution in [0.25, 0.3) is 11.1 Å². The summed E-state index contributed by atoms with van der Waals surface area (Å²) >= 11 is 0. The highest BCUT2D eigenvalue weighted by Gasteiger charge is 2.29. The second-order valence-electron chi connectivity index (χ2n) is 6.95. The van der Waals surface area contributed by atoms with Crippen LogP contribution in [0, 0.1) is 6.92 Å². The second kappa shape index (κ2) is 8.10. The van der Waals surface area contributed by atoms with Crippen molar-refractivity contribution in [3.8, 4) is 11.1 Å². The van der Waals surface area contributed by atoms with Crippen LogP contribution in [0.3, 0.4) is 0 Å². The van der Waals surface area contributed by atoms with Gasteiger partial charge in [-0.15, -0.1) is 0 Å². The Labute approximate surface area is 160 Å². The number of aryl methyl sites for hydroxylation is 1. The number of amides is 2. The summed E-state index contributed by atoms with van der Waals surface area (Å²) in [6.07, 6.45) is 0.772. The van der Waals surface area contributed by atoms with E-state index in [1.54, 1.807) is 4.90 Å². The monoisotopic (exact) mass is 387 g/mol. The van der Waals surface area contributed by atoms with E-state index >= 15 is 0 Å². The zero-order valence-corrected chi connectivity index (χ0v) is 16.2. The molecule has 3 rings (SSSR count). The van der Waals surface area contributed by atoms with Gasteiger partial charge in [0, 0.05) is 19.6 Å². The largest absolute Gasteiger partial charge is 0.334 e. The molecule has 27 heavy (non-hydrogen) atoms. The molecule has 1 aliphatic heterocycles. The van der Waals surface area contributed by atoms with E-state index in [0.29, 0.717) is 32.5 Å². The van der Waals surface area contributed by atoms with Crippen LogP contribution < -0.4 is 10.5 Å². The van der Waals surface area contributed by atoms with E-state index in [4.69, 9.17) is 5.14 Å². The molecule has 2 aromatic rings. The molecule has 0 aromatic heterocycles. The number of nitrogens with two attached hydrogens (primary N) is 1. The lowest BCUT2D eigenvalue weighted by molar-refractivity contribution is 0.186. The average molecular weight is 388 g/mol. The maximum Gasteiger partial charge on any atom is 0.317 e. The lowest BCUT2D eigenvalue weighted by Gasteiger charge is -2.30. The number of primary sulfonamides is 1. The Morgan fingerprint density at radius 3 is 2.41 bits per heavy atom. The van der Waals surface area contributed by atoms with Crippen LogP contribution in [-0.4, -0.2) is 37.7 Å². The molecular formula is C20H25N3O3S. The average Bonchev–Trinajstić information content (AvgIpc) is 2.66. The van der Waals surface area contributed by atoms with Crippen molar-refractivity contribution < 1.29 is 13.2 Å². The summed E-state index contributed by atoms with van der Waals surface area (Å²) in [5.41, 5.74) is 4.53. The summed E-state index contributed by atoms with van der Waals surface area (Å²) in [6, 6.07) is 16.2. The van der Waals surface area contributed by atoms with E-state index in [1.165, 1.54) is 11.1 Å². The maximum absolute atomic E-state index is 12.3. The van der Waals surface area contributed by atoms with Crippen LogP contribution in [-0.2, 0) is 16.6 Å². The van der Waals surface area contributed by atoms with Crippen molar-refractivity contribution in [3.63, 3.8) is 0 Å². The normalized spacial score (nSPS) is 15.6. The van der Waals surface area contributed by atoms with Gasteiger partial charge in [-0.25, -0.2) is 18.4 Å². The molecule has 0 bridgehead atoms. The fourth-order valence-electron chi connectivity index (χ4n) is 3.45. The van der Waals surface area contributed by atoms with Crippen LogP contribution in [0.15, 0.2) is 48.5 Å². The molecule has 7 heteroatoms.